The van der Waals surface area contributed by atoms with E-state index < -0.39 is 40.7 Å². The fraction of sp³-hybridized carbons (Fsp3) is 0.467. The first-order valence-electron chi connectivity index (χ1n) is 6.91. The summed E-state index contributed by atoms with van der Waals surface area (Å²) >= 11 is 1.10. The first-order chi connectivity index (χ1) is 10.6. The lowest BCUT2D eigenvalue weighted by Gasteiger charge is -2.30. The average molecular weight is 345 g/mol. The van der Waals surface area contributed by atoms with E-state index in [1.54, 1.807) is 20.8 Å². The summed E-state index contributed by atoms with van der Waals surface area (Å²) in [5.74, 6) is -2.68. The maximum Gasteiger partial charge on any atom is 0.412 e. The maximum absolute atomic E-state index is 14.0. The van der Waals surface area contributed by atoms with E-state index in [4.69, 9.17) is 4.74 Å². The highest BCUT2D eigenvalue weighted by Gasteiger charge is 2.45. The SMILES string of the molecule is CC(C)(C)OC(=O)N1C(C(=O)O)CSC1c1ccc(F)cc1F. The van der Waals surface area contributed by atoms with E-state index in [9.17, 15) is 23.5 Å². The van der Waals surface area contributed by atoms with Crippen LogP contribution in [0.25, 0.3) is 0 Å². The van der Waals surface area contributed by atoms with Gasteiger partial charge in [-0.2, -0.15) is 0 Å². The first kappa shape index (κ1) is 17.5. The number of nitrogens with zero attached hydrogens (tertiary/aromatic N) is 1. The van der Waals surface area contributed by atoms with Crippen molar-refractivity contribution in [3.63, 3.8) is 0 Å². The van der Waals surface area contributed by atoms with Crippen LogP contribution in [0.4, 0.5) is 13.6 Å². The van der Waals surface area contributed by atoms with Crippen molar-refractivity contribution >= 4 is 23.8 Å². The van der Waals surface area contributed by atoms with Crippen molar-refractivity contribution in [2.24, 2.45) is 0 Å². The van der Waals surface area contributed by atoms with Gasteiger partial charge in [0.1, 0.15) is 28.7 Å². The molecule has 1 saturated heterocycles. The van der Waals surface area contributed by atoms with E-state index in [0.29, 0.717) is 6.07 Å². The average Bonchev–Trinajstić information content (AvgIpc) is 2.81. The fourth-order valence-electron chi connectivity index (χ4n) is 2.18. The molecule has 1 amide bonds. The van der Waals surface area contributed by atoms with Crippen LogP contribution in [0.2, 0.25) is 0 Å². The molecule has 0 spiro atoms. The number of carboxylic acid groups (broad SMARTS) is 1. The Labute approximate surface area is 136 Å². The summed E-state index contributed by atoms with van der Waals surface area (Å²) in [6, 6.07) is 1.85. The molecule has 126 valence electrons. The van der Waals surface area contributed by atoms with Crippen LogP contribution >= 0.6 is 11.8 Å². The lowest BCUT2D eigenvalue weighted by atomic mass is 10.1. The van der Waals surface area contributed by atoms with Gasteiger partial charge in [0.2, 0.25) is 0 Å². The largest absolute Gasteiger partial charge is 0.480 e. The Morgan fingerprint density at radius 1 is 1.35 bits per heavy atom. The number of rotatable bonds is 2. The van der Waals surface area contributed by atoms with Gasteiger partial charge in [-0.1, -0.05) is 6.07 Å². The first-order valence-corrected chi connectivity index (χ1v) is 7.95. The lowest BCUT2D eigenvalue weighted by Crippen LogP contribution is -2.45. The van der Waals surface area contributed by atoms with Gasteiger partial charge >= 0.3 is 12.1 Å². The second-order valence-electron chi connectivity index (χ2n) is 6.09. The summed E-state index contributed by atoms with van der Waals surface area (Å²) in [5.41, 5.74) is -0.773. The zero-order valence-corrected chi connectivity index (χ0v) is 13.7. The van der Waals surface area contributed by atoms with Gasteiger partial charge in [-0.15, -0.1) is 11.8 Å². The molecule has 1 aromatic rings. The van der Waals surface area contributed by atoms with Gasteiger partial charge in [-0.25, -0.2) is 18.4 Å². The summed E-state index contributed by atoms with van der Waals surface area (Å²) in [6.45, 7) is 4.95. The molecule has 2 unspecified atom stereocenters. The number of thioether (sulfide) groups is 1. The van der Waals surface area contributed by atoms with Gasteiger partial charge in [0, 0.05) is 17.4 Å². The predicted octanol–water partition coefficient (Wildman–Crippen LogP) is 3.40. The molecule has 1 aliphatic rings. The Balaban J connectivity index is 2.37. The molecule has 1 N–H and O–H groups in total. The molecule has 0 saturated carbocycles. The number of aliphatic carboxylic acids is 1. The van der Waals surface area contributed by atoms with Crippen LogP contribution in [0.5, 0.6) is 0 Å². The molecule has 0 aliphatic carbocycles. The number of ether oxygens (including phenoxy) is 1. The minimum Gasteiger partial charge on any atom is -0.480 e. The Bertz CT molecular complexity index is 632. The molecule has 0 aromatic heterocycles. The number of hydrogen-bond acceptors (Lipinski definition) is 4. The number of halogens is 2. The quantitative estimate of drug-likeness (QED) is 0.890. The van der Waals surface area contributed by atoms with Crippen LogP contribution in [0.15, 0.2) is 18.2 Å². The molecule has 23 heavy (non-hydrogen) atoms. The van der Waals surface area contributed by atoms with Crippen molar-refractivity contribution in [2.45, 2.75) is 37.8 Å². The van der Waals surface area contributed by atoms with Crippen molar-refractivity contribution < 1.29 is 28.2 Å². The number of carbonyl (C=O) groups excluding carboxylic acids is 1. The number of benzene rings is 1. The summed E-state index contributed by atoms with van der Waals surface area (Å²) in [4.78, 5) is 24.7. The van der Waals surface area contributed by atoms with Gasteiger partial charge in [0.05, 0.1) is 0 Å². The number of carbonyl (C=O) groups is 2. The monoisotopic (exact) mass is 345 g/mol. The van der Waals surface area contributed by atoms with E-state index >= 15 is 0 Å². The highest BCUT2D eigenvalue weighted by atomic mass is 32.2. The van der Waals surface area contributed by atoms with Crippen molar-refractivity contribution in [3.05, 3.63) is 35.4 Å². The van der Waals surface area contributed by atoms with E-state index in [-0.39, 0.29) is 11.3 Å². The summed E-state index contributed by atoms with van der Waals surface area (Å²) < 4.78 is 32.3. The van der Waals surface area contributed by atoms with E-state index in [2.05, 4.69) is 0 Å². The van der Waals surface area contributed by atoms with Crippen LogP contribution < -0.4 is 0 Å². The van der Waals surface area contributed by atoms with Crippen LogP contribution in [0.3, 0.4) is 0 Å². The minimum absolute atomic E-state index is 0.0472. The van der Waals surface area contributed by atoms with Gasteiger partial charge in [0.25, 0.3) is 0 Å². The summed E-state index contributed by atoms with van der Waals surface area (Å²) in [7, 11) is 0. The Morgan fingerprint density at radius 3 is 2.52 bits per heavy atom. The third-order valence-electron chi connectivity index (χ3n) is 3.12. The number of hydrogen-bond donors (Lipinski definition) is 1. The standard InChI is InChI=1S/C15H17F2NO4S/c1-15(2,3)22-14(21)18-11(13(19)20)7-23-12(18)9-5-4-8(16)6-10(9)17/h4-6,11-12H,7H2,1-3H3,(H,19,20). The molecule has 1 aromatic carbocycles. The number of carboxylic acids is 1. The molecular formula is C15H17F2NO4S. The van der Waals surface area contributed by atoms with Gasteiger partial charge < -0.3 is 9.84 Å². The van der Waals surface area contributed by atoms with E-state index in [0.717, 1.165) is 22.7 Å². The van der Waals surface area contributed by atoms with Crippen molar-refractivity contribution in [1.29, 1.82) is 0 Å². The molecular weight excluding hydrogens is 328 g/mol. The predicted molar refractivity (Wildman–Crippen MR) is 81.1 cm³/mol. The third-order valence-corrected chi connectivity index (χ3v) is 4.42. The van der Waals surface area contributed by atoms with E-state index in [1.807, 2.05) is 0 Å². The molecule has 0 radical (unpaired) electrons. The van der Waals surface area contributed by atoms with Crippen LogP contribution in [0.1, 0.15) is 31.7 Å². The van der Waals surface area contributed by atoms with Crippen molar-refractivity contribution in [1.82, 2.24) is 4.90 Å². The fourth-order valence-corrected chi connectivity index (χ4v) is 3.61. The van der Waals surface area contributed by atoms with Crippen molar-refractivity contribution in [2.75, 3.05) is 5.75 Å². The van der Waals surface area contributed by atoms with Crippen molar-refractivity contribution in [3.8, 4) is 0 Å². The van der Waals surface area contributed by atoms with Crippen LogP contribution in [-0.2, 0) is 9.53 Å². The molecule has 1 aliphatic heterocycles. The maximum atomic E-state index is 14.0. The highest BCUT2D eigenvalue weighted by Crippen LogP contribution is 2.43. The topological polar surface area (TPSA) is 66.8 Å². The van der Waals surface area contributed by atoms with Gasteiger partial charge in [0.15, 0.2) is 0 Å². The molecule has 2 rings (SSSR count). The van der Waals surface area contributed by atoms with Gasteiger partial charge in [-0.05, 0) is 26.8 Å². The lowest BCUT2D eigenvalue weighted by molar-refractivity contribution is -0.142. The third kappa shape index (κ3) is 3.93. The Hall–Kier alpha value is -1.83. The summed E-state index contributed by atoms with van der Waals surface area (Å²) in [6.07, 6.45) is -0.844. The number of amides is 1. The normalized spacial score (nSPS) is 21.3. The second-order valence-corrected chi connectivity index (χ2v) is 7.21. The minimum atomic E-state index is -1.20. The zero-order chi connectivity index (χ0) is 17.4. The van der Waals surface area contributed by atoms with Gasteiger partial charge in [-0.3, -0.25) is 4.90 Å². The molecule has 8 heteroatoms. The Morgan fingerprint density at radius 2 is 2.00 bits per heavy atom. The molecule has 0 bridgehead atoms. The molecule has 1 heterocycles. The molecule has 5 nitrogen and oxygen atoms in total. The van der Waals surface area contributed by atoms with E-state index in [1.165, 1.54) is 6.07 Å². The van der Waals surface area contributed by atoms with Crippen LogP contribution in [-0.4, -0.2) is 39.5 Å². The summed E-state index contributed by atoms with van der Waals surface area (Å²) in [5, 5.41) is 8.41. The Kier molecular flexibility index (Phi) is 4.84. The second kappa shape index (κ2) is 6.35. The smallest absolute Gasteiger partial charge is 0.412 e. The highest BCUT2D eigenvalue weighted by molar-refractivity contribution is 7.99. The molecule has 1 fully saturated rings. The molecule has 2 atom stereocenters. The van der Waals surface area contributed by atoms with Crippen LogP contribution in [0, 0.1) is 11.6 Å². The zero-order valence-electron chi connectivity index (χ0n) is 12.9.